The van der Waals surface area contributed by atoms with Gasteiger partial charge in [-0.3, -0.25) is 0 Å². The van der Waals surface area contributed by atoms with E-state index < -0.39 is 0 Å². The van der Waals surface area contributed by atoms with Crippen molar-refractivity contribution in [1.82, 2.24) is 5.32 Å². The van der Waals surface area contributed by atoms with Crippen LogP contribution in [0.1, 0.15) is 89.5 Å². The van der Waals surface area contributed by atoms with Gasteiger partial charge in [-0.05, 0) is 53.1 Å². The van der Waals surface area contributed by atoms with Crippen molar-refractivity contribution in [2.24, 2.45) is 35.5 Å². The highest BCUT2D eigenvalue weighted by Gasteiger charge is 2.31. The molecule has 0 aromatic rings. The molecule has 1 heteroatoms. The second kappa shape index (κ2) is 10.3. The Kier molecular flexibility index (Phi) is 10.0. The summed E-state index contributed by atoms with van der Waals surface area (Å²) < 4.78 is 0. The molecule has 1 heterocycles. The Morgan fingerprint density at radius 3 is 1.42 bits per heavy atom. The first-order valence-electron chi connectivity index (χ1n) is 10.3. The molecule has 24 heavy (non-hydrogen) atoms. The van der Waals surface area contributed by atoms with Gasteiger partial charge in [-0.15, -0.1) is 0 Å². The highest BCUT2D eigenvalue weighted by molar-refractivity contribution is 5.32. The van der Waals surface area contributed by atoms with E-state index >= 15 is 0 Å². The zero-order chi connectivity index (χ0) is 19.2. The molecule has 1 atom stereocenters. The predicted molar refractivity (Wildman–Crippen MR) is 111 cm³/mol. The molecule has 1 rings (SSSR count). The van der Waals surface area contributed by atoms with Gasteiger partial charge in [-0.25, -0.2) is 0 Å². The first-order valence-corrected chi connectivity index (χ1v) is 10.3. The van der Waals surface area contributed by atoms with Gasteiger partial charge in [0.05, 0.1) is 0 Å². The average Bonchev–Trinajstić information content (AvgIpc) is 2.66. The predicted octanol–water partition coefficient (Wildman–Crippen LogP) is 7.41. The van der Waals surface area contributed by atoms with Crippen LogP contribution in [-0.2, 0) is 0 Å². The SMILES string of the molecule is CC.CC(C)C1=C(C(C)C)NC(C(C)C)=C(C(C)C)C(C(C)C)C1. The molecule has 0 spiro atoms. The standard InChI is InChI=1S/C21H39N.C2H6/c1-12(2)17-11-18(13(3)4)20(15(7)8)22-21(16(9)10)19(17)14(5)6;1-2/h12-17,22H,11H2,1-10H3;1-2H3. The van der Waals surface area contributed by atoms with E-state index in [9.17, 15) is 0 Å². The summed E-state index contributed by atoms with van der Waals surface area (Å²) in [6.07, 6.45) is 1.22. The van der Waals surface area contributed by atoms with E-state index in [4.69, 9.17) is 0 Å². The Hall–Kier alpha value is -0.720. The summed E-state index contributed by atoms with van der Waals surface area (Å²) in [5.41, 5.74) is 6.29. The Labute approximate surface area is 153 Å². The molecule has 0 aromatic carbocycles. The zero-order valence-electron chi connectivity index (χ0n) is 18.7. The molecule has 142 valence electrons. The number of nitrogens with one attached hydrogen (secondary N) is 1. The van der Waals surface area contributed by atoms with Gasteiger partial charge < -0.3 is 5.32 Å². The van der Waals surface area contributed by atoms with Crippen molar-refractivity contribution in [2.75, 3.05) is 0 Å². The minimum absolute atomic E-state index is 0.555. The normalized spacial score (nSPS) is 19.3. The van der Waals surface area contributed by atoms with Gasteiger partial charge in [0.15, 0.2) is 0 Å². The topological polar surface area (TPSA) is 12.0 Å². The van der Waals surface area contributed by atoms with Crippen LogP contribution in [0, 0.1) is 35.5 Å². The van der Waals surface area contributed by atoms with Crippen molar-refractivity contribution < 1.29 is 0 Å². The molecule has 1 unspecified atom stereocenters. The Balaban J connectivity index is 0.00000254. The maximum atomic E-state index is 3.92. The average molecular weight is 336 g/mol. The number of hydrogen-bond acceptors (Lipinski definition) is 1. The van der Waals surface area contributed by atoms with Gasteiger partial charge in [-0.1, -0.05) is 83.1 Å². The molecule has 1 aliphatic rings. The summed E-state index contributed by atoms with van der Waals surface area (Å²) in [5, 5.41) is 3.92. The van der Waals surface area contributed by atoms with E-state index in [0.717, 1.165) is 0 Å². The van der Waals surface area contributed by atoms with E-state index in [2.05, 4.69) is 74.6 Å². The highest BCUT2D eigenvalue weighted by atomic mass is 14.9. The van der Waals surface area contributed by atoms with Crippen LogP contribution in [0.15, 0.2) is 22.5 Å². The van der Waals surface area contributed by atoms with Crippen LogP contribution in [0.5, 0.6) is 0 Å². The van der Waals surface area contributed by atoms with Crippen molar-refractivity contribution in [2.45, 2.75) is 89.5 Å². The van der Waals surface area contributed by atoms with E-state index in [1.54, 1.807) is 11.1 Å². The molecule has 0 aromatic heterocycles. The minimum Gasteiger partial charge on any atom is -0.362 e. The largest absolute Gasteiger partial charge is 0.362 e. The van der Waals surface area contributed by atoms with Gasteiger partial charge >= 0.3 is 0 Å². The van der Waals surface area contributed by atoms with Crippen LogP contribution < -0.4 is 5.32 Å². The summed E-state index contributed by atoms with van der Waals surface area (Å²) in [6.45, 7) is 27.5. The molecular weight excluding hydrogens is 290 g/mol. The first-order chi connectivity index (χ1) is 11.1. The molecule has 0 saturated carbocycles. The van der Waals surface area contributed by atoms with Gasteiger partial charge in [0.25, 0.3) is 0 Å². The highest BCUT2D eigenvalue weighted by Crippen LogP contribution is 2.41. The third-order valence-electron chi connectivity index (χ3n) is 5.04. The van der Waals surface area contributed by atoms with Crippen molar-refractivity contribution >= 4 is 0 Å². The van der Waals surface area contributed by atoms with Crippen LogP contribution in [0.4, 0.5) is 0 Å². The molecule has 0 bridgehead atoms. The van der Waals surface area contributed by atoms with Crippen LogP contribution in [0.3, 0.4) is 0 Å². The van der Waals surface area contributed by atoms with Gasteiger partial charge in [-0.2, -0.15) is 0 Å². The van der Waals surface area contributed by atoms with Crippen LogP contribution in [0.25, 0.3) is 0 Å². The number of rotatable bonds is 5. The van der Waals surface area contributed by atoms with Crippen molar-refractivity contribution in [3.8, 4) is 0 Å². The van der Waals surface area contributed by atoms with E-state index in [-0.39, 0.29) is 0 Å². The smallest absolute Gasteiger partial charge is 0.0172 e. The third-order valence-corrected chi connectivity index (χ3v) is 5.04. The quantitative estimate of drug-likeness (QED) is 0.551. The fourth-order valence-corrected chi connectivity index (χ4v) is 3.83. The number of allylic oxidation sites excluding steroid dienone is 4. The van der Waals surface area contributed by atoms with Gasteiger partial charge in [0.1, 0.15) is 0 Å². The molecular formula is C23H45N. The Bertz CT molecular complexity index is 433. The second-order valence-electron chi connectivity index (χ2n) is 8.61. The lowest BCUT2D eigenvalue weighted by Crippen LogP contribution is -2.25. The van der Waals surface area contributed by atoms with Crippen LogP contribution in [0.2, 0.25) is 0 Å². The minimum atomic E-state index is 0.555. The van der Waals surface area contributed by atoms with Crippen molar-refractivity contribution in [3.63, 3.8) is 0 Å². The fraction of sp³-hybridized carbons (Fsp3) is 0.826. The van der Waals surface area contributed by atoms with E-state index in [1.807, 2.05) is 13.8 Å². The fourth-order valence-electron chi connectivity index (χ4n) is 3.83. The molecule has 0 saturated heterocycles. The molecule has 0 fully saturated rings. The second-order valence-corrected chi connectivity index (χ2v) is 8.61. The van der Waals surface area contributed by atoms with Crippen molar-refractivity contribution in [1.29, 1.82) is 0 Å². The number of hydrogen-bond donors (Lipinski definition) is 1. The summed E-state index contributed by atoms with van der Waals surface area (Å²) in [6, 6.07) is 0. The Morgan fingerprint density at radius 1 is 0.667 bits per heavy atom. The molecule has 0 amide bonds. The van der Waals surface area contributed by atoms with Gasteiger partial charge in [0.2, 0.25) is 0 Å². The first kappa shape index (κ1) is 23.3. The summed E-state index contributed by atoms with van der Waals surface area (Å²) >= 11 is 0. The van der Waals surface area contributed by atoms with E-state index in [1.165, 1.54) is 17.8 Å². The lowest BCUT2D eigenvalue weighted by molar-refractivity contribution is 0.391. The molecule has 1 aliphatic heterocycles. The van der Waals surface area contributed by atoms with E-state index in [0.29, 0.717) is 35.5 Å². The Morgan fingerprint density at radius 2 is 1.12 bits per heavy atom. The monoisotopic (exact) mass is 335 g/mol. The lowest BCUT2D eigenvalue weighted by Gasteiger charge is -2.30. The maximum absolute atomic E-state index is 3.92. The van der Waals surface area contributed by atoms with Gasteiger partial charge in [0, 0.05) is 11.4 Å². The summed E-state index contributed by atoms with van der Waals surface area (Å²) in [5.74, 6) is 3.69. The molecule has 0 radical (unpaired) electrons. The zero-order valence-corrected chi connectivity index (χ0v) is 18.7. The lowest BCUT2D eigenvalue weighted by atomic mass is 9.75. The molecule has 1 N–H and O–H groups in total. The van der Waals surface area contributed by atoms with Crippen LogP contribution in [-0.4, -0.2) is 0 Å². The van der Waals surface area contributed by atoms with Crippen molar-refractivity contribution in [3.05, 3.63) is 22.5 Å². The van der Waals surface area contributed by atoms with Crippen LogP contribution >= 0.6 is 0 Å². The summed E-state index contributed by atoms with van der Waals surface area (Å²) in [4.78, 5) is 0. The molecule has 1 nitrogen and oxygen atoms in total. The molecule has 0 aliphatic carbocycles. The summed E-state index contributed by atoms with van der Waals surface area (Å²) in [7, 11) is 0. The maximum Gasteiger partial charge on any atom is 0.0172 e. The third kappa shape index (κ3) is 5.67.